The summed E-state index contributed by atoms with van der Waals surface area (Å²) in [6, 6.07) is 15.6. The summed E-state index contributed by atoms with van der Waals surface area (Å²) in [4.78, 5) is 12.5. The predicted octanol–water partition coefficient (Wildman–Crippen LogP) is 5.25. The quantitative estimate of drug-likeness (QED) is 0.411. The lowest BCUT2D eigenvalue weighted by atomic mass is 9.97. The molecule has 5 nitrogen and oxygen atoms in total. The first-order valence-corrected chi connectivity index (χ1v) is 11.3. The number of nitrogens with one attached hydrogen (secondary N) is 1. The first kappa shape index (κ1) is 22.4. The van der Waals surface area contributed by atoms with Crippen LogP contribution in [0.25, 0.3) is 11.0 Å². The summed E-state index contributed by atoms with van der Waals surface area (Å²) in [7, 11) is 0. The first-order valence-electron chi connectivity index (χ1n) is 10.1. The summed E-state index contributed by atoms with van der Waals surface area (Å²) in [6.45, 7) is 9.67. The Kier molecular flexibility index (Phi) is 6.91. The average Bonchev–Trinajstić information content (AvgIpc) is 3.02. The van der Waals surface area contributed by atoms with Crippen LogP contribution in [-0.2, 0) is 22.5 Å². The van der Waals surface area contributed by atoms with Crippen molar-refractivity contribution in [1.82, 2.24) is 4.72 Å². The number of fused-ring (bicyclic) bond motifs is 1. The first-order chi connectivity index (χ1) is 14.2. The molecule has 30 heavy (non-hydrogen) atoms. The van der Waals surface area contributed by atoms with E-state index >= 15 is 0 Å². The van der Waals surface area contributed by atoms with Gasteiger partial charge in [-0.15, -0.1) is 4.72 Å². The lowest BCUT2D eigenvalue weighted by Crippen LogP contribution is -2.41. The Morgan fingerprint density at radius 3 is 2.53 bits per heavy atom. The summed E-state index contributed by atoms with van der Waals surface area (Å²) >= 11 is -1.25. The molecule has 1 heterocycles. The maximum atomic E-state index is 12.9. The molecule has 2 atom stereocenters. The van der Waals surface area contributed by atoms with Gasteiger partial charge in [-0.1, -0.05) is 36.4 Å². The fourth-order valence-corrected chi connectivity index (χ4v) is 4.13. The molecule has 3 aromatic rings. The number of hydrogen-bond acceptors (Lipinski definition) is 5. The van der Waals surface area contributed by atoms with Crippen molar-refractivity contribution in [1.29, 1.82) is 0 Å². The van der Waals surface area contributed by atoms with Gasteiger partial charge in [0, 0.05) is 16.7 Å². The third-order valence-electron chi connectivity index (χ3n) is 4.86. The second-order valence-corrected chi connectivity index (χ2v) is 10.2. The van der Waals surface area contributed by atoms with E-state index in [1.165, 1.54) is 0 Å². The highest BCUT2D eigenvalue weighted by Crippen LogP contribution is 2.31. The molecule has 3 rings (SSSR count). The molecule has 0 aliphatic rings. The number of carbonyl (C=O) groups is 1. The molecule has 0 saturated heterocycles. The summed E-state index contributed by atoms with van der Waals surface area (Å²) < 4.78 is 26.8. The number of rotatable bonds is 7. The highest BCUT2D eigenvalue weighted by atomic mass is 32.2. The zero-order chi connectivity index (χ0) is 21.9. The maximum absolute atomic E-state index is 12.9. The molecule has 0 aliphatic carbocycles. The van der Waals surface area contributed by atoms with Gasteiger partial charge in [0.05, 0.1) is 12.6 Å². The monoisotopic (exact) mass is 427 g/mol. The topological polar surface area (TPSA) is 74.5 Å². The van der Waals surface area contributed by atoms with Crippen molar-refractivity contribution in [3.05, 3.63) is 71.0 Å². The van der Waals surface area contributed by atoms with Gasteiger partial charge in [-0.2, -0.15) is 0 Å². The van der Waals surface area contributed by atoms with E-state index in [1.54, 1.807) is 13.8 Å². The van der Waals surface area contributed by atoms with Gasteiger partial charge in [0.25, 0.3) is 0 Å². The van der Waals surface area contributed by atoms with Crippen LogP contribution < -0.4 is 4.72 Å². The van der Waals surface area contributed by atoms with Gasteiger partial charge in [-0.05, 0) is 64.3 Å². The minimum Gasteiger partial charge on any atom is -0.598 e. The van der Waals surface area contributed by atoms with Gasteiger partial charge in [-0.3, -0.25) is 0 Å². The smallest absolute Gasteiger partial charge is 0.342 e. The number of ether oxygens (including phenoxy) is 1. The molecule has 1 N–H and O–H groups in total. The van der Waals surface area contributed by atoms with E-state index in [1.807, 2.05) is 57.2 Å². The molecule has 0 spiro atoms. The molecule has 1 aromatic heterocycles. The highest BCUT2D eigenvalue weighted by Gasteiger charge is 2.30. The fraction of sp³-hybridized carbons (Fsp3) is 0.375. The van der Waals surface area contributed by atoms with E-state index in [2.05, 4.69) is 16.9 Å². The van der Waals surface area contributed by atoms with Crippen LogP contribution in [0, 0.1) is 6.92 Å². The third-order valence-corrected chi connectivity index (χ3v) is 6.47. The molecule has 2 aromatic carbocycles. The minimum absolute atomic E-state index is 0.192. The third kappa shape index (κ3) is 5.06. The van der Waals surface area contributed by atoms with Crippen LogP contribution in [0.2, 0.25) is 0 Å². The Labute approximate surface area is 181 Å². The fourth-order valence-electron chi connectivity index (χ4n) is 3.29. The molecule has 160 valence electrons. The SMILES string of the molecule is CCOC(=O)c1c(C)oc2ccc(C(Cc3ccccc3)N[S+]([O-])C(C)(C)C)cc12. The van der Waals surface area contributed by atoms with Crippen LogP contribution in [0.5, 0.6) is 0 Å². The number of carbonyl (C=O) groups excluding carboxylic acids is 1. The summed E-state index contributed by atoms with van der Waals surface area (Å²) in [6.07, 6.45) is 0.666. The molecule has 0 saturated carbocycles. The van der Waals surface area contributed by atoms with Crippen molar-refractivity contribution in [2.75, 3.05) is 6.61 Å². The van der Waals surface area contributed by atoms with Crippen LogP contribution in [-0.4, -0.2) is 21.9 Å². The molecule has 0 bridgehead atoms. The Bertz CT molecular complexity index is 1010. The van der Waals surface area contributed by atoms with Gasteiger partial charge in [-0.25, -0.2) is 4.79 Å². The zero-order valence-corrected chi connectivity index (χ0v) is 19.0. The minimum atomic E-state index is -1.25. The van der Waals surface area contributed by atoms with E-state index in [4.69, 9.17) is 9.15 Å². The molecule has 2 unspecified atom stereocenters. The number of furan rings is 1. The van der Waals surface area contributed by atoms with E-state index in [-0.39, 0.29) is 6.04 Å². The van der Waals surface area contributed by atoms with Crippen molar-refractivity contribution < 1.29 is 18.5 Å². The number of hydrogen-bond donors (Lipinski definition) is 1. The van der Waals surface area contributed by atoms with Crippen LogP contribution in [0.3, 0.4) is 0 Å². The van der Waals surface area contributed by atoms with Crippen molar-refractivity contribution >= 4 is 28.3 Å². The van der Waals surface area contributed by atoms with Crippen molar-refractivity contribution in [2.24, 2.45) is 0 Å². The molecular formula is C24H29NO4S. The van der Waals surface area contributed by atoms with E-state index in [9.17, 15) is 9.35 Å². The Balaban J connectivity index is 2.03. The van der Waals surface area contributed by atoms with Crippen LogP contribution in [0.1, 0.15) is 61.0 Å². The van der Waals surface area contributed by atoms with Crippen LogP contribution in [0.4, 0.5) is 0 Å². The van der Waals surface area contributed by atoms with Gasteiger partial charge >= 0.3 is 5.97 Å². The van der Waals surface area contributed by atoms with E-state index < -0.39 is 22.1 Å². The van der Waals surface area contributed by atoms with Gasteiger partial charge in [0.2, 0.25) is 0 Å². The lowest BCUT2D eigenvalue weighted by molar-refractivity contribution is 0.0526. The standard InChI is InChI=1S/C24H29NO4S/c1-6-28-23(26)22-16(2)29-21-13-12-18(15-19(21)22)20(25-30(27)24(3,4)5)14-17-10-8-7-9-11-17/h7-13,15,20,25H,6,14H2,1-5H3. The molecule has 6 heteroatoms. The maximum Gasteiger partial charge on any atom is 0.342 e. The Hall–Kier alpha value is -2.28. The number of esters is 1. The van der Waals surface area contributed by atoms with E-state index in [0.29, 0.717) is 35.3 Å². The van der Waals surface area contributed by atoms with E-state index in [0.717, 1.165) is 11.1 Å². The summed E-state index contributed by atoms with van der Waals surface area (Å²) in [5.41, 5.74) is 3.16. The Morgan fingerprint density at radius 2 is 1.90 bits per heavy atom. The Morgan fingerprint density at radius 1 is 1.20 bits per heavy atom. The average molecular weight is 428 g/mol. The largest absolute Gasteiger partial charge is 0.598 e. The van der Waals surface area contributed by atoms with Gasteiger partial charge in [0.1, 0.15) is 21.7 Å². The van der Waals surface area contributed by atoms with Gasteiger partial charge < -0.3 is 13.7 Å². The molecule has 0 fully saturated rings. The van der Waals surface area contributed by atoms with Crippen LogP contribution in [0.15, 0.2) is 52.9 Å². The van der Waals surface area contributed by atoms with Crippen molar-refractivity contribution in [3.63, 3.8) is 0 Å². The summed E-state index contributed by atoms with van der Waals surface area (Å²) in [5, 5.41) is 0.713. The molecule has 0 amide bonds. The molecule has 0 radical (unpaired) electrons. The van der Waals surface area contributed by atoms with Crippen LogP contribution >= 0.6 is 0 Å². The van der Waals surface area contributed by atoms with Crippen molar-refractivity contribution in [2.45, 2.75) is 51.8 Å². The second kappa shape index (κ2) is 9.25. The summed E-state index contributed by atoms with van der Waals surface area (Å²) in [5.74, 6) is 0.142. The predicted molar refractivity (Wildman–Crippen MR) is 121 cm³/mol. The number of benzene rings is 2. The molecule has 0 aliphatic heterocycles. The number of aryl methyl sites for hydroxylation is 1. The highest BCUT2D eigenvalue weighted by molar-refractivity contribution is 7.90. The second-order valence-electron chi connectivity index (χ2n) is 8.25. The van der Waals surface area contributed by atoms with Crippen molar-refractivity contribution in [3.8, 4) is 0 Å². The van der Waals surface area contributed by atoms with Gasteiger partial charge in [0.15, 0.2) is 0 Å². The lowest BCUT2D eigenvalue weighted by Gasteiger charge is -2.28. The zero-order valence-electron chi connectivity index (χ0n) is 18.2. The normalized spacial score (nSPS) is 13.9. The molecular weight excluding hydrogens is 398 g/mol.